The van der Waals surface area contributed by atoms with E-state index in [2.05, 4.69) is 34.8 Å². The second kappa shape index (κ2) is 6.83. The molecule has 0 bridgehead atoms. The van der Waals surface area contributed by atoms with E-state index in [0.29, 0.717) is 18.1 Å². The number of amides is 1. The van der Waals surface area contributed by atoms with Gasteiger partial charge in [-0.25, -0.2) is 9.78 Å². The Kier molecular flexibility index (Phi) is 5.28. The van der Waals surface area contributed by atoms with Gasteiger partial charge in [0.05, 0.1) is 10.2 Å². The molecular formula is C15H19BrN2O3S. The zero-order valence-electron chi connectivity index (χ0n) is 12.8. The zero-order chi connectivity index (χ0) is 16.3. The SMILES string of the molecule is CC(C)C[C@@](C)(COc1ccc(Br)c2scnc12)OC(N)=O. The molecular weight excluding hydrogens is 368 g/mol. The van der Waals surface area contributed by atoms with Gasteiger partial charge >= 0.3 is 6.09 Å². The topological polar surface area (TPSA) is 74.4 Å². The lowest BCUT2D eigenvalue weighted by atomic mass is 9.95. The first-order valence-corrected chi connectivity index (χ1v) is 8.61. The lowest BCUT2D eigenvalue weighted by Crippen LogP contribution is -2.41. The Morgan fingerprint density at radius 1 is 1.50 bits per heavy atom. The summed E-state index contributed by atoms with van der Waals surface area (Å²) in [7, 11) is 0. The standard InChI is InChI=1S/C15H19BrN2O3S/c1-9(2)6-15(3,21-14(17)19)7-20-11-5-4-10(16)13-12(11)18-8-22-13/h4-5,8-9H,6-7H2,1-3H3,(H2,17,19)/t15-/m0/s1. The summed E-state index contributed by atoms with van der Waals surface area (Å²) in [6, 6.07) is 3.77. The second-order valence-electron chi connectivity index (χ2n) is 5.83. The van der Waals surface area contributed by atoms with Crippen molar-refractivity contribution in [3.63, 3.8) is 0 Å². The molecule has 1 atom stereocenters. The van der Waals surface area contributed by atoms with E-state index in [1.54, 1.807) is 5.51 Å². The van der Waals surface area contributed by atoms with Crippen LogP contribution in [-0.2, 0) is 4.74 Å². The summed E-state index contributed by atoms with van der Waals surface area (Å²) in [6.07, 6.45) is -0.131. The van der Waals surface area contributed by atoms with Crippen LogP contribution in [0.2, 0.25) is 0 Å². The molecule has 0 aliphatic heterocycles. The summed E-state index contributed by atoms with van der Waals surface area (Å²) in [6.45, 7) is 6.17. The molecule has 1 heterocycles. The summed E-state index contributed by atoms with van der Waals surface area (Å²) >= 11 is 5.03. The fourth-order valence-corrected chi connectivity index (χ4v) is 3.79. The Labute approximate surface area is 141 Å². The summed E-state index contributed by atoms with van der Waals surface area (Å²) in [5.74, 6) is 1.01. The Morgan fingerprint density at radius 2 is 2.23 bits per heavy atom. The summed E-state index contributed by atoms with van der Waals surface area (Å²) in [4.78, 5) is 15.5. The van der Waals surface area contributed by atoms with E-state index in [1.807, 2.05) is 19.1 Å². The average molecular weight is 387 g/mol. The number of rotatable bonds is 6. The maximum absolute atomic E-state index is 11.2. The molecule has 0 spiro atoms. The number of carbonyl (C=O) groups excluding carboxylic acids is 1. The molecule has 2 rings (SSSR count). The number of nitrogens with two attached hydrogens (primary N) is 1. The van der Waals surface area contributed by atoms with E-state index < -0.39 is 11.7 Å². The number of ether oxygens (including phenoxy) is 2. The highest BCUT2D eigenvalue weighted by Gasteiger charge is 2.30. The number of benzene rings is 1. The highest BCUT2D eigenvalue weighted by molar-refractivity contribution is 9.10. The van der Waals surface area contributed by atoms with E-state index in [1.165, 1.54) is 11.3 Å². The molecule has 0 fully saturated rings. The maximum Gasteiger partial charge on any atom is 0.405 e. The van der Waals surface area contributed by atoms with Crippen LogP contribution < -0.4 is 10.5 Å². The van der Waals surface area contributed by atoms with Gasteiger partial charge in [-0.3, -0.25) is 0 Å². The molecule has 1 amide bonds. The van der Waals surface area contributed by atoms with Crippen molar-refractivity contribution >= 4 is 43.6 Å². The quantitative estimate of drug-likeness (QED) is 0.800. The third-order valence-corrected chi connectivity index (χ3v) is 4.90. The van der Waals surface area contributed by atoms with Crippen LogP contribution in [0.25, 0.3) is 10.2 Å². The number of nitrogens with zero attached hydrogens (tertiary/aromatic N) is 1. The molecule has 120 valence electrons. The summed E-state index contributed by atoms with van der Waals surface area (Å²) in [5.41, 5.74) is 6.99. The van der Waals surface area contributed by atoms with Crippen LogP contribution in [0, 0.1) is 5.92 Å². The van der Waals surface area contributed by atoms with Gasteiger partial charge in [-0.15, -0.1) is 11.3 Å². The number of halogens is 1. The highest BCUT2D eigenvalue weighted by Crippen LogP contribution is 2.34. The summed E-state index contributed by atoms with van der Waals surface area (Å²) in [5, 5.41) is 0. The van der Waals surface area contributed by atoms with Gasteiger partial charge in [-0.2, -0.15) is 0 Å². The Bertz CT molecular complexity index is 674. The molecule has 0 radical (unpaired) electrons. The van der Waals surface area contributed by atoms with Crippen LogP contribution in [0.1, 0.15) is 27.2 Å². The number of hydrogen-bond acceptors (Lipinski definition) is 5. The van der Waals surface area contributed by atoms with Gasteiger partial charge in [0.1, 0.15) is 23.5 Å². The minimum atomic E-state index is -0.790. The molecule has 22 heavy (non-hydrogen) atoms. The molecule has 1 aromatic carbocycles. The first-order chi connectivity index (χ1) is 10.3. The summed E-state index contributed by atoms with van der Waals surface area (Å²) < 4.78 is 13.2. The maximum atomic E-state index is 11.2. The third-order valence-electron chi connectivity index (χ3n) is 3.12. The van der Waals surface area contributed by atoms with Gasteiger partial charge < -0.3 is 15.2 Å². The van der Waals surface area contributed by atoms with Crippen LogP contribution in [0.3, 0.4) is 0 Å². The Balaban J connectivity index is 2.19. The van der Waals surface area contributed by atoms with Gasteiger partial charge in [0, 0.05) is 4.47 Å². The second-order valence-corrected chi connectivity index (χ2v) is 7.54. The Hall–Kier alpha value is -1.34. The van der Waals surface area contributed by atoms with Crippen molar-refractivity contribution in [1.29, 1.82) is 0 Å². The van der Waals surface area contributed by atoms with Gasteiger partial charge in [0.2, 0.25) is 0 Å². The van der Waals surface area contributed by atoms with Crippen molar-refractivity contribution in [3.05, 3.63) is 22.1 Å². The van der Waals surface area contributed by atoms with Gasteiger partial charge in [0.25, 0.3) is 0 Å². The highest BCUT2D eigenvalue weighted by atomic mass is 79.9. The number of carbonyl (C=O) groups is 1. The van der Waals surface area contributed by atoms with Gasteiger partial charge in [0.15, 0.2) is 0 Å². The number of thiazole rings is 1. The normalized spacial score (nSPS) is 14.0. The van der Waals surface area contributed by atoms with E-state index in [0.717, 1.165) is 14.7 Å². The van der Waals surface area contributed by atoms with E-state index in [9.17, 15) is 4.79 Å². The van der Waals surface area contributed by atoms with E-state index >= 15 is 0 Å². The number of aromatic nitrogens is 1. The van der Waals surface area contributed by atoms with Crippen LogP contribution in [-0.4, -0.2) is 23.3 Å². The van der Waals surface area contributed by atoms with Crippen molar-refractivity contribution in [2.45, 2.75) is 32.8 Å². The molecule has 1 aromatic heterocycles. The molecule has 7 heteroatoms. The molecule has 2 N–H and O–H groups in total. The Morgan fingerprint density at radius 3 is 2.86 bits per heavy atom. The predicted octanol–water partition coefficient (Wildman–Crippen LogP) is 4.34. The fourth-order valence-electron chi connectivity index (χ4n) is 2.48. The van der Waals surface area contributed by atoms with Crippen molar-refractivity contribution < 1.29 is 14.3 Å². The van der Waals surface area contributed by atoms with Crippen molar-refractivity contribution in [1.82, 2.24) is 4.98 Å². The van der Waals surface area contributed by atoms with Crippen molar-refractivity contribution in [2.24, 2.45) is 11.7 Å². The molecule has 0 saturated carbocycles. The van der Waals surface area contributed by atoms with Crippen LogP contribution in [0.15, 0.2) is 22.1 Å². The first-order valence-electron chi connectivity index (χ1n) is 6.94. The zero-order valence-corrected chi connectivity index (χ0v) is 15.2. The van der Waals surface area contributed by atoms with E-state index in [-0.39, 0.29) is 6.61 Å². The van der Waals surface area contributed by atoms with Crippen LogP contribution >= 0.6 is 27.3 Å². The van der Waals surface area contributed by atoms with Gasteiger partial charge in [-0.05, 0) is 47.3 Å². The van der Waals surface area contributed by atoms with Crippen molar-refractivity contribution in [2.75, 3.05) is 6.61 Å². The minimum Gasteiger partial charge on any atom is -0.487 e. The van der Waals surface area contributed by atoms with Crippen LogP contribution in [0.5, 0.6) is 5.75 Å². The largest absolute Gasteiger partial charge is 0.487 e. The molecule has 2 aromatic rings. The monoisotopic (exact) mass is 386 g/mol. The molecule has 0 aliphatic carbocycles. The number of primary amides is 1. The third kappa shape index (κ3) is 4.10. The molecule has 0 unspecified atom stereocenters. The van der Waals surface area contributed by atoms with Crippen LogP contribution in [0.4, 0.5) is 4.79 Å². The number of fused-ring (bicyclic) bond motifs is 1. The minimum absolute atomic E-state index is 0.225. The molecule has 0 aliphatic rings. The fraction of sp³-hybridized carbons (Fsp3) is 0.467. The van der Waals surface area contributed by atoms with E-state index in [4.69, 9.17) is 15.2 Å². The predicted molar refractivity (Wildman–Crippen MR) is 91.3 cm³/mol. The molecule has 0 saturated heterocycles. The van der Waals surface area contributed by atoms with Gasteiger partial charge in [-0.1, -0.05) is 13.8 Å². The van der Waals surface area contributed by atoms with Crippen molar-refractivity contribution in [3.8, 4) is 5.75 Å². The lowest BCUT2D eigenvalue weighted by molar-refractivity contribution is -0.0183. The first kappa shape index (κ1) is 17.0. The number of hydrogen-bond donors (Lipinski definition) is 1. The lowest BCUT2D eigenvalue weighted by Gasteiger charge is -2.30. The average Bonchev–Trinajstić information content (AvgIpc) is 2.86. The smallest absolute Gasteiger partial charge is 0.405 e. The molecule has 5 nitrogen and oxygen atoms in total.